The molecule has 6 rings (SSSR count). The van der Waals surface area contributed by atoms with Gasteiger partial charge in [0, 0.05) is 49.6 Å². The number of hydrogen-bond donors (Lipinski definition) is 2. The number of sulfonamides is 1. The molecule has 1 saturated carbocycles. The van der Waals surface area contributed by atoms with Gasteiger partial charge in [0.1, 0.15) is 5.60 Å². The van der Waals surface area contributed by atoms with Crippen LogP contribution in [0.25, 0.3) is 0 Å². The van der Waals surface area contributed by atoms with Crippen LogP contribution in [0.1, 0.15) is 62.5 Å². The van der Waals surface area contributed by atoms with Gasteiger partial charge in [-0.15, -0.1) is 6.58 Å². The van der Waals surface area contributed by atoms with Crippen molar-refractivity contribution in [1.82, 2.24) is 19.4 Å². The number of carbonyl (C=O) groups is 2. The summed E-state index contributed by atoms with van der Waals surface area (Å²) < 4.78 is 26.5. The second-order valence-electron chi connectivity index (χ2n) is 13.8. The van der Waals surface area contributed by atoms with Gasteiger partial charge in [-0.2, -0.15) is 0 Å². The SMILES string of the molecule is C=CCN(C(=O)Cc1ccc(S(=O)(=O)NC)cc1)C1CC2CCC(C1)N2C[C@H]1CN(C(=O)C2CCCC2)C[C@]1(O)c1ccccc1. The molecule has 0 spiro atoms. The van der Waals surface area contributed by atoms with Crippen LogP contribution in [0, 0.1) is 11.8 Å². The highest BCUT2D eigenvalue weighted by Gasteiger charge is 2.52. The minimum atomic E-state index is -3.54. The van der Waals surface area contributed by atoms with Crippen molar-refractivity contribution in [3.63, 3.8) is 0 Å². The lowest BCUT2D eigenvalue weighted by Crippen LogP contribution is -2.54. The molecule has 2 amide bonds. The monoisotopic (exact) mass is 648 g/mol. The lowest BCUT2D eigenvalue weighted by molar-refractivity contribution is -0.135. The van der Waals surface area contributed by atoms with E-state index in [0.29, 0.717) is 31.7 Å². The predicted octanol–water partition coefficient (Wildman–Crippen LogP) is 3.68. The Hall–Kier alpha value is -3.05. The van der Waals surface area contributed by atoms with Crippen LogP contribution in [-0.2, 0) is 31.6 Å². The number of benzene rings is 2. The molecule has 3 heterocycles. The minimum Gasteiger partial charge on any atom is -0.383 e. The summed E-state index contributed by atoms with van der Waals surface area (Å²) in [6, 6.07) is 17.0. The molecular weight excluding hydrogens is 600 g/mol. The van der Waals surface area contributed by atoms with Crippen LogP contribution in [0.5, 0.6) is 0 Å². The quantitative estimate of drug-likeness (QED) is 0.360. The van der Waals surface area contributed by atoms with Crippen LogP contribution >= 0.6 is 0 Å². The van der Waals surface area contributed by atoms with Crippen molar-refractivity contribution < 1.29 is 23.1 Å². The Bertz CT molecular complexity index is 1500. The Morgan fingerprint density at radius 3 is 2.28 bits per heavy atom. The molecule has 9 nitrogen and oxygen atoms in total. The molecule has 2 bridgehead atoms. The van der Waals surface area contributed by atoms with Crippen molar-refractivity contribution in [1.29, 1.82) is 0 Å². The van der Waals surface area contributed by atoms with Crippen LogP contribution in [-0.4, -0.2) is 91.4 Å². The number of likely N-dealkylation sites (tertiary alicyclic amines) is 1. The first-order valence-corrected chi connectivity index (χ1v) is 18.4. The van der Waals surface area contributed by atoms with Gasteiger partial charge in [-0.1, -0.05) is 61.4 Å². The standard InChI is InChI=1S/C36H48N4O5S/c1-3-19-39(34(41)20-26-13-17-33(18-14-26)46(44,45)37-2)32-21-30-15-16-31(22-32)40(30)24-29-23-38(35(42)27-9-7-8-10-27)25-36(29,43)28-11-5-4-6-12-28/h3-6,11-14,17-18,27,29-32,37,43H,1,7-10,15-16,19-25H2,2H3/t29-,30?,31?,32?,36+/m1/s1. The van der Waals surface area contributed by atoms with E-state index in [0.717, 1.165) is 69.0 Å². The molecule has 0 aromatic heterocycles. The number of amides is 2. The zero-order valence-electron chi connectivity index (χ0n) is 26.9. The summed E-state index contributed by atoms with van der Waals surface area (Å²) in [6.07, 6.45) is 9.91. The summed E-state index contributed by atoms with van der Waals surface area (Å²) in [6.45, 7) is 6.01. The minimum absolute atomic E-state index is 0.0114. The molecule has 2 N–H and O–H groups in total. The van der Waals surface area contributed by atoms with Crippen molar-refractivity contribution >= 4 is 21.8 Å². The summed E-state index contributed by atoms with van der Waals surface area (Å²) in [4.78, 5) is 33.8. The topological polar surface area (TPSA) is 110 Å². The van der Waals surface area contributed by atoms with E-state index in [1.54, 1.807) is 18.2 Å². The van der Waals surface area contributed by atoms with Crippen LogP contribution in [0.15, 0.2) is 72.1 Å². The smallest absolute Gasteiger partial charge is 0.240 e. The Labute approximate surface area is 273 Å². The average molecular weight is 649 g/mol. The van der Waals surface area contributed by atoms with E-state index in [9.17, 15) is 23.1 Å². The number of carbonyl (C=O) groups excluding carboxylic acids is 2. The van der Waals surface area contributed by atoms with Crippen molar-refractivity contribution in [2.75, 3.05) is 33.2 Å². The maximum absolute atomic E-state index is 13.6. The second-order valence-corrected chi connectivity index (χ2v) is 15.6. The Morgan fingerprint density at radius 2 is 1.67 bits per heavy atom. The molecule has 1 aliphatic carbocycles. The molecule has 248 valence electrons. The highest BCUT2D eigenvalue weighted by atomic mass is 32.2. The van der Waals surface area contributed by atoms with Crippen molar-refractivity contribution in [2.24, 2.45) is 11.8 Å². The van der Waals surface area contributed by atoms with E-state index >= 15 is 0 Å². The molecule has 3 aliphatic heterocycles. The van der Waals surface area contributed by atoms with Gasteiger partial charge in [-0.25, -0.2) is 13.1 Å². The average Bonchev–Trinajstić information content (AvgIpc) is 3.77. The number of nitrogens with zero attached hydrogens (tertiary/aromatic N) is 3. The van der Waals surface area contributed by atoms with Gasteiger partial charge in [-0.05, 0) is 68.8 Å². The molecular formula is C36H48N4O5S. The summed E-state index contributed by atoms with van der Waals surface area (Å²) in [5, 5.41) is 12.3. The van der Waals surface area contributed by atoms with Gasteiger partial charge in [0.05, 0.1) is 17.9 Å². The zero-order valence-corrected chi connectivity index (χ0v) is 27.7. The van der Waals surface area contributed by atoms with E-state index in [1.165, 1.54) is 19.2 Å². The third kappa shape index (κ3) is 6.54. The van der Waals surface area contributed by atoms with Crippen LogP contribution in [0.3, 0.4) is 0 Å². The van der Waals surface area contributed by atoms with E-state index in [1.807, 2.05) is 40.1 Å². The predicted molar refractivity (Wildman–Crippen MR) is 177 cm³/mol. The first-order chi connectivity index (χ1) is 22.1. The number of rotatable bonds is 11. The van der Waals surface area contributed by atoms with Gasteiger partial charge < -0.3 is 14.9 Å². The first kappa shape index (κ1) is 32.9. The molecule has 4 atom stereocenters. The molecule has 0 radical (unpaired) electrons. The maximum Gasteiger partial charge on any atom is 0.240 e. The van der Waals surface area contributed by atoms with Gasteiger partial charge in [-0.3, -0.25) is 14.5 Å². The van der Waals surface area contributed by atoms with Crippen LogP contribution < -0.4 is 4.72 Å². The van der Waals surface area contributed by atoms with Crippen molar-refractivity contribution in [3.05, 3.63) is 78.4 Å². The molecule has 4 fully saturated rings. The molecule has 3 saturated heterocycles. The molecule has 46 heavy (non-hydrogen) atoms. The summed E-state index contributed by atoms with van der Waals surface area (Å²) >= 11 is 0. The highest BCUT2D eigenvalue weighted by molar-refractivity contribution is 7.89. The van der Waals surface area contributed by atoms with Crippen molar-refractivity contribution in [2.45, 2.75) is 86.4 Å². The number of nitrogens with one attached hydrogen (secondary N) is 1. The summed E-state index contributed by atoms with van der Waals surface area (Å²) in [5.74, 6) is 0.198. The first-order valence-electron chi connectivity index (χ1n) is 16.9. The van der Waals surface area contributed by atoms with Crippen molar-refractivity contribution in [3.8, 4) is 0 Å². The summed E-state index contributed by atoms with van der Waals surface area (Å²) in [5.41, 5.74) is 0.551. The number of hydrogen-bond acceptors (Lipinski definition) is 6. The normalized spacial score (nSPS) is 28.4. The fraction of sp³-hybridized carbons (Fsp3) is 0.556. The van der Waals surface area contributed by atoms with E-state index in [2.05, 4.69) is 16.2 Å². The Balaban J connectivity index is 1.15. The van der Waals surface area contributed by atoms with Gasteiger partial charge >= 0.3 is 0 Å². The number of aliphatic hydroxyl groups is 1. The molecule has 2 aromatic carbocycles. The maximum atomic E-state index is 13.6. The Morgan fingerprint density at radius 1 is 1.02 bits per heavy atom. The molecule has 2 aromatic rings. The zero-order chi connectivity index (χ0) is 32.5. The van der Waals surface area contributed by atoms with Crippen LogP contribution in [0.4, 0.5) is 0 Å². The second kappa shape index (κ2) is 13.6. The van der Waals surface area contributed by atoms with Gasteiger partial charge in [0.15, 0.2) is 0 Å². The third-order valence-corrected chi connectivity index (χ3v) is 12.5. The molecule has 2 unspecified atom stereocenters. The van der Waals surface area contributed by atoms with E-state index < -0.39 is 15.6 Å². The lowest BCUT2D eigenvalue weighted by atomic mass is 9.82. The fourth-order valence-corrected chi connectivity index (χ4v) is 9.32. The van der Waals surface area contributed by atoms with Crippen LogP contribution in [0.2, 0.25) is 0 Å². The van der Waals surface area contributed by atoms with E-state index in [4.69, 9.17) is 0 Å². The Kier molecular flexibility index (Phi) is 9.71. The largest absolute Gasteiger partial charge is 0.383 e. The number of fused-ring (bicyclic) bond motifs is 2. The summed E-state index contributed by atoms with van der Waals surface area (Å²) in [7, 11) is -2.16. The fourth-order valence-electron chi connectivity index (χ4n) is 8.59. The van der Waals surface area contributed by atoms with Gasteiger partial charge in [0.2, 0.25) is 21.8 Å². The molecule has 4 aliphatic rings. The number of piperidine rings is 1. The number of β-amino-alcohol motifs (C(OH)–C–C–N with tert-alkyl or cyclic N) is 1. The molecule has 10 heteroatoms. The lowest BCUT2D eigenvalue weighted by Gasteiger charge is -2.45. The highest BCUT2D eigenvalue weighted by Crippen LogP contribution is 2.44. The third-order valence-electron chi connectivity index (χ3n) is 11.1. The van der Waals surface area contributed by atoms with Gasteiger partial charge in [0.25, 0.3) is 0 Å². The van der Waals surface area contributed by atoms with E-state index in [-0.39, 0.29) is 41.0 Å².